The van der Waals surface area contributed by atoms with Gasteiger partial charge >= 0.3 is 0 Å². The summed E-state index contributed by atoms with van der Waals surface area (Å²) in [5, 5.41) is 0. The highest BCUT2D eigenvalue weighted by Crippen LogP contribution is 2.31. The second-order valence-electron chi connectivity index (χ2n) is 5.35. The van der Waals surface area contributed by atoms with Crippen LogP contribution in [0.15, 0.2) is 53.7 Å². The maximum atomic E-state index is 12.7. The van der Waals surface area contributed by atoms with E-state index in [1.54, 1.807) is 18.3 Å². The third kappa shape index (κ3) is 2.88. The van der Waals surface area contributed by atoms with Gasteiger partial charge in [-0.3, -0.25) is 14.4 Å². The van der Waals surface area contributed by atoms with Crippen molar-refractivity contribution >= 4 is 5.91 Å². The van der Waals surface area contributed by atoms with Gasteiger partial charge < -0.3 is 9.47 Å². The standard InChI is InChI=1S/C17H18N2O3/c1-12(2)18-16-9-5-6-10-19(16)17(20)15-11-21-13-7-3-4-8-14(13)22-15/h3-10,12,15H,11H2,1-2H3. The van der Waals surface area contributed by atoms with E-state index in [4.69, 9.17) is 9.47 Å². The minimum absolute atomic E-state index is 0.103. The minimum Gasteiger partial charge on any atom is -0.485 e. The maximum absolute atomic E-state index is 12.7. The molecule has 0 radical (unpaired) electrons. The van der Waals surface area contributed by atoms with Crippen molar-refractivity contribution in [2.75, 3.05) is 6.61 Å². The second kappa shape index (κ2) is 6.05. The Morgan fingerprint density at radius 3 is 2.68 bits per heavy atom. The van der Waals surface area contributed by atoms with E-state index in [9.17, 15) is 4.79 Å². The molecule has 114 valence electrons. The molecule has 0 fully saturated rings. The summed E-state index contributed by atoms with van der Waals surface area (Å²) in [6, 6.07) is 12.9. The number of ether oxygens (including phenoxy) is 2. The van der Waals surface area contributed by atoms with Gasteiger partial charge in [0.15, 0.2) is 11.5 Å². The molecule has 5 nitrogen and oxygen atoms in total. The Morgan fingerprint density at radius 1 is 1.18 bits per heavy atom. The van der Waals surface area contributed by atoms with Crippen LogP contribution in [-0.2, 0) is 0 Å². The molecule has 1 aromatic carbocycles. The van der Waals surface area contributed by atoms with E-state index >= 15 is 0 Å². The Labute approximate surface area is 128 Å². The van der Waals surface area contributed by atoms with Crippen molar-refractivity contribution in [2.24, 2.45) is 4.99 Å². The number of carbonyl (C=O) groups is 1. The molecule has 2 heterocycles. The molecule has 1 aliphatic heterocycles. The summed E-state index contributed by atoms with van der Waals surface area (Å²) < 4.78 is 12.9. The van der Waals surface area contributed by atoms with Crippen molar-refractivity contribution < 1.29 is 14.3 Å². The molecule has 1 unspecified atom stereocenters. The predicted molar refractivity (Wildman–Crippen MR) is 82.1 cm³/mol. The molecule has 22 heavy (non-hydrogen) atoms. The Hall–Kier alpha value is -2.56. The number of carbonyl (C=O) groups excluding carboxylic acids is 1. The minimum atomic E-state index is -0.677. The van der Waals surface area contributed by atoms with Gasteiger partial charge in [-0.25, -0.2) is 0 Å². The van der Waals surface area contributed by atoms with Gasteiger partial charge in [0.2, 0.25) is 6.10 Å². The molecule has 5 heteroatoms. The van der Waals surface area contributed by atoms with Gasteiger partial charge in [0, 0.05) is 12.2 Å². The van der Waals surface area contributed by atoms with Crippen molar-refractivity contribution in [1.82, 2.24) is 4.57 Å². The van der Waals surface area contributed by atoms with Crippen LogP contribution in [0.1, 0.15) is 18.6 Å². The molecule has 0 aliphatic carbocycles. The van der Waals surface area contributed by atoms with E-state index in [2.05, 4.69) is 4.99 Å². The molecular formula is C17H18N2O3. The average molecular weight is 298 g/mol. The van der Waals surface area contributed by atoms with Crippen molar-refractivity contribution in [3.05, 3.63) is 54.1 Å². The fourth-order valence-corrected chi connectivity index (χ4v) is 2.29. The Bertz CT molecular complexity index is 749. The number of pyridine rings is 1. The van der Waals surface area contributed by atoms with E-state index in [1.165, 1.54) is 4.57 Å². The Balaban J connectivity index is 1.90. The number of benzene rings is 1. The van der Waals surface area contributed by atoms with E-state index in [0.717, 1.165) is 0 Å². The number of hydrogen-bond donors (Lipinski definition) is 0. The molecule has 1 atom stereocenters. The molecule has 0 spiro atoms. The average Bonchev–Trinajstić information content (AvgIpc) is 2.54. The number of aromatic nitrogens is 1. The van der Waals surface area contributed by atoms with E-state index < -0.39 is 6.10 Å². The van der Waals surface area contributed by atoms with Crippen molar-refractivity contribution in [3.63, 3.8) is 0 Å². The lowest BCUT2D eigenvalue weighted by Crippen LogP contribution is -2.43. The van der Waals surface area contributed by atoms with Crippen molar-refractivity contribution in [3.8, 4) is 11.5 Å². The third-order valence-electron chi connectivity index (χ3n) is 3.25. The quantitative estimate of drug-likeness (QED) is 0.854. The van der Waals surface area contributed by atoms with E-state index in [1.807, 2.05) is 44.2 Å². The first-order valence-electron chi connectivity index (χ1n) is 7.29. The summed E-state index contributed by atoms with van der Waals surface area (Å²) in [4.78, 5) is 17.2. The van der Waals surface area contributed by atoms with Crippen LogP contribution in [-0.4, -0.2) is 29.2 Å². The van der Waals surface area contributed by atoms with E-state index in [0.29, 0.717) is 17.0 Å². The molecule has 1 aliphatic rings. The summed E-state index contributed by atoms with van der Waals surface area (Å²) >= 11 is 0. The van der Waals surface area contributed by atoms with Crippen LogP contribution in [0.2, 0.25) is 0 Å². The highest BCUT2D eigenvalue weighted by atomic mass is 16.6. The van der Waals surface area contributed by atoms with Crippen LogP contribution in [0.3, 0.4) is 0 Å². The van der Waals surface area contributed by atoms with Crippen LogP contribution in [0.5, 0.6) is 11.5 Å². The van der Waals surface area contributed by atoms with Crippen LogP contribution in [0.25, 0.3) is 0 Å². The highest BCUT2D eigenvalue weighted by Gasteiger charge is 2.28. The molecule has 0 amide bonds. The highest BCUT2D eigenvalue weighted by molar-refractivity contribution is 5.84. The molecule has 0 saturated carbocycles. The lowest BCUT2D eigenvalue weighted by atomic mass is 10.2. The fraction of sp³-hybridized carbons (Fsp3) is 0.294. The third-order valence-corrected chi connectivity index (χ3v) is 3.25. The van der Waals surface area contributed by atoms with Crippen molar-refractivity contribution in [2.45, 2.75) is 26.0 Å². The number of rotatable bonds is 2. The zero-order valence-electron chi connectivity index (χ0n) is 12.6. The lowest BCUT2D eigenvalue weighted by molar-refractivity contribution is 0.0495. The summed E-state index contributed by atoms with van der Waals surface area (Å²) in [5.41, 5.74) is 0.616. The van der Waals surface area contributed by atoms with Crippen LogP contribution >= 0.6 is 0 Å². The zero-order chi connectivity index (χ0) is 15.5. The smallest absolute Gasteiger partial charge is 0.276 e. The molecule has 2 aromatic rings. The van der Waals surface area contributed by atoms with Gasteiger partial charge in [-0.2, -0.15) is 0 Å². The SMILES string of the molecule is CC(C)N=c1ccccn1C(=O)C1COc2ccccc2O1. The van der Waals surface area contributed by atoms with Gasteiger partial charge in [-0.05, 0) is 38.1 Å². The zero-order valence-corrected chi connectivity index (χ0v) is 12.6. The Morgan fingerprint density at radius 2 is 1.91 bits per heavy atom. The second-order valence-corrected chi connectivity index (χ2v) is 5.35. The van der Waals surface area contributed by atoms with Gasteiger partial charge in [0.1, 0.15) is 12.1 Å². The van der Waals surface area contributed by atoms with Crippen LogP contribution < -0.4 is 15.0 Å². The van der Waals surface area contributed by atoms with Gasteiger partial charge in [-0.15, -0.1) is 0 Å². The Kier molecular flexibility index (Phi) is 3.96. The molecule has 0 N–H and O–H groups in total. The normalized spacial score (nSPS) is 17.6. The maximum Gasteiger partial charge on any atom is 0.276 e. The van der Waals surface area contributed by atoms with Gasteiger partial charge in [-0.1, -0.05) is 18.2 Å². The first-order chi connectivity index (χ1) is 10.6. The summed E-state index contributed by atoms with van der Waals surface area (Å²) in [6.45, 7) is 4.13. The molecule has 1 aromatic heterocycles. The number of fused-ring (bicyclic) bond motifs is 1. The fourth-order valence-electron chi connectivity index (χ4n) is 2.29. The predicted octanol–water partition coefficient (Wildman–Crippen LogP) is 2.28. The monoisotopic (exact) mass is 298 g/mol. The molecular weight excluding hydrogens is 280 g/mol. The first-order valence-corrected chi connectivity index (χ1v) is 7.29. The topological polar surface area (TPSA) is 52.8 Å². The summed E-state index contributed by atoms with van der Waals surface area (Å²) in [6.07, 6.45) is 1.02. The van der Waals surface area contributed by atoms with Gasteiger partial charge in [0.05, 0.1) is 0 Å². The van der Waals surface area contributed by atoms with Crippen LogP contribution in [0, 0.1) is 0 Å². The number of para-hydroxylation sites is 2. The summed E-state index contributed by atoms with van der Waals surface area (Å²) in [7, 11) is 0. The first kappa shape index (κ1) is 14.4. The van der Waals surface area contributed by atoms with E-state index in [-0.39, 0.29) is 18.6 Å². The lowest BCUT2D eigenvalue weighted by Gasteiger charge is -2.25. The van der Waals surface area contributed by atoms with Gasteiger partial charge in [0.25, 0.3) is 5.91 Å². The molecule has 0 bridgehead atoms. The largest absolute Gasteiger partial charge is 0.485 e. The van der Waals surface area contributed by atoms with Crippen molar-refractivity contribution in [1.29, 1.82) is 0 Å². The number of hydrogen-bond acceptors (Lipinski definition) is 4. The van der Waals surface area contributed by atoms with Crippen LogP contribution in [0.4, 0.5) is 0 Å². The molecule has 0 saturated heterocycles. The molecule has 3 rings (SSSR count). The number of nitrogens with zero attached hydrogens (tertiary/aromatic N) is 2. The summed E-state index contributed by atoms with van der Waals surface area (Å²) in [5.74, 6) is 1.07.